The molecular formula is C14H22ClN. The van der Waals surface area contributed by atoms with Gasteiger partial charge in [-0.05, 0) is 42.4 Å². The highest BCUT2D eigenvalue weighted by molar-refractivity contribution is 6.31. The fraction of sp³-hybridized carbons (Fsp3) is 0.571. The van der Waals surface area contributed by atoms with E-state index in [1.165, 1.54) is 0 Å². The predicted octanol–water partition coefficient (Wildman–Crippen LogP) is 4.47. The third kappa shape index (κ3) is 4.15. The van der Waals surface area contributed by atoms with Gasteiger partial charge in [-0.15, -0.1) is 0 Å². The molecule has 0 saturated heterocycles. The van der Waals surface area contributed by atoms with Gasteiger partial charge in [0.1, 0.15) is 0 Å². The van der Waals surface area contributed by atoms with Crippen LogP contribution < -0.4 is 5.73 Å². The molecule has 1 aromatic carbocycles. The Morgan fingerprint density at radius 3 is 2.44 bits per heavy atom. The molecule has 0 saturated carbocycles. The maximum absolute atomic E-state index is 6.16. The Morgan fingerprint density at radius 2 is 1.94 bits per heavy atom. The van der Waals surface area contributed by atoms with E-state index in [9.17, 15) is 0 Å². The van der Waals surface area contributed by atoms with Crippen molar-refractivity contribution in [2.24, 2.45) is 11.1 Å². The molecule has 2 N–H and O–H groups in total. The van der Waals surface area contributed by atoms with Crippen LogP contribution in [0.15, 0.2) is 18.2 Å². The largest absolute Gasteiger partial charge is 0.324 e. The average molecular weight is 240 g/mol. The number of hydrogen-bond acceptors (Lipinski definition) is 1. The maximum Gasteiger partial charge on any atom is 0.0438 e. The second kappa shape index (κ2) is 5.20. The molecule has 16 heavy (non-hydrogen) atoms. The third-order valence-corrected chi connectivity index (χ3v) is 3.24. The lowest BCUT2D eigenvalue weighted by molar-refractivity contribution is 0.350. The minimum Gasteiger partial charge on any atom is -0.324 e. The number of nitrogens with two attached hydrogens (primary N) is 1. The van der Waals surface area contributed by atoms with Crippen molar-refractivity contribution < 1.29 is 0 Å². The molecular weight excluding hydrogens is 218 g/mol. The monoisotopic (exact) mass is 239 g/mol. The molecule has 1 nitrogen and oxygen atoms in total. The van der Waals surface area contributed by atoms with Crippen LogP contribution in [0.4, 0.5) is 0 Å². The first-order valence-electron chi connectivity index (χ1n) is 5.81. The van der Waals surface area contributed by atoms with Crippen molar-refractivity contribution in [2.75, 3.05) is 0 Å². The molecule has 0 aromatic heterocycles. The zero-order chi connectivity index (χ0) is 12.3. The van der Waals surface area contributed by atoms with Gasteiger partial charge in [-0.2, -0.15) is 0 Å². The van der Waals surface area contributed by atoms with Gasteiger partial charge in [-0.3, -0.25) is 0 Å². The van der Waals surface area contributed by atoms with Gasteiger partial charge < -0.3 is 5.73 Å². The molecule has 0 spiro atoms. The molecule has 90 valence electrons. The molecule has 0 aliphatic heterocycles. The molecule has 0 fully saturated rings. The summed E-state index contributed by atoms with van der Waals surface area (Å²) in [5, 5.41) is 0.809. The van der Waals surface area contributed by atoms with Crippen LogP contribution in [0.2, 0.25) is 5.02 Å². The van der Waals surface area contributed by atoms with Crippen molar-refractivity contribution in [1.29, 1.82) is 0 Å². The van der Waals surface area contributed by atoms with Crippen LogP contribution in [0, 0.1) is 12.3 Å². The summed E-state index contributed by atoms with van der Waals surface area (Å²) < 4.78 is 0. The van der Waals surface area contributed by atoms with E-state index in [0.29, 0.717) is 5.41 Å². The zero-order valence-electron chi connectivity index (χ0n) is 10.7. The van der Waals surface area contributed by atoms with Crippen LogP contribution in [0.5, 0.6) is 0 Å². The van der Waals surface area contributed by atoms with Gasteiger partial charge in [0, 0.05) is 11.1 Å². The van der Waals surface area contributed by atoms with Gasteiger partial charge in [-0.1, -0.05) is 44.5 Å². The van der Waals surface area contributed by atoms with Crippen LogP contribution in [0.25, 0.3) is 0 Å². The highest BCUT2D eigenvalue weighted by atomic mass is 35.5. The van der Waals surface area contributed by atoms with Gasteiger partial charge in [0.25, 0.3) is 0 Å². The Balaban J connectivity index is 2.66. The topological polar surface area (TPSA) is 26.0 Å². The fourth-order valence-electron chi connectivity index (χ4n) is 1.59. The Morgan fingerprint density at radius 1 is 1.31 bits per heavy atom. The lowest BCUT2D eigenvalue weighted by Crippen LogP contribution is -2.14. The van der Waals surface area contributed by atoms with Gasteiger partial charge in [0.05, 0.1) is 0 Å². The van der Waals surface area contributed by atoms with Crippen molar-refractivity contribution in [3.8, 4) is 0 Å². The van der Waals surface area contributed by atoms with Gasteiger partial charge >= 0.3 is 0 Å². The summed E-state index contributed by atoms with van der Waals surface area (Å²) in [6, 6.07) is 6.20. The third-order valence-electron chi connectivity index (χ3n) is 2.83. The van der Waals surface area contributed by atoms with Gasteiger partial charge in [0.15, 0.2) is 0 Å². The lowest BCUT2D eigenvalue weighted by atomic mass is 9.87. The van der Waals surface area contributed by atoms with Crippen LogP contribution in [0.1, 0.15) is 50.8 Å². The number of benzene rings is 1. The van der Waals surface area contributed by atoms with E-state index in [0.717, 1.165) is 29.0 Å². The zero-order valence-corrected chi connectivity index (χ0v) is 11.4. The summed E-state index contributed by atoms with van der Waals surface area (Å²) in [5.74, 6) is 0. The Labute approximate surface area is 104 Å². The van der Waals surface area contributed by atoms with Gasteiger partial charge in [-0.25, -0.2) is 0 Å². The van der Waals surface area contributed by atoms with Crippen molar-refractivity contribution in [3.05, 3.63) is 34.3 Å². The average Bonchev–Trinajstić information content (AvgIpc) is 2.17. The highest BCUT2D eigenvalue weighted by Crippen LogP contribution is 2.27. The number of hydrogen-bond donors (Lipinski definition) is 1. The summed E-state index contributed by atoms with van der Waals surface area (Å²) in [4.78, 5) is 0. The number of halogens is 1. The first-order valence-corrected chi connectivity index (χ1v) is 6.19. The minimum atomic E-state index is 0.0947. The Bertz CT molecular complexity index is 352. The molecule has 1 aromatic rings. The fourth-order valence-corrected chi connectivity index (χ4v) is 1.78. The molecule has 1 rings (SSSR count). The molecule has 0 amide bonds. The van der Waals surface area contributed by atoms with E-state index in [4.69, 9.17) is 17.3 Å². The summed E-state index contributed by atoms with van der Waals surface area (Å²) in [6.45, 7) is 8.72. The molecule has 0 aliphatic rings. The van der Waals surface area contributed by atoms with E-state index in [1.807, 2.05) is 19.1 Å². The lowest BCUT2D eigenvalue weighted by Gasteiger charge is -2.21. The normalized spacial score (nSPS) is 13.9. The predicted molar refractivity (Wildman–Crippen MR) is 71.8 cm³/mol. The molecule has 0 aliphatic carbocycles. The van der Waals surface area contributed by atoms with Crippen molar-refractivity contribution >= 4 is 11.6 Å². The van der Waals surface area contributed by atoms with Crippen LogP contribution in [-0.4, -0.2) is 0 Å². The Kier molecular flexibility index (Phi) is 4.40. The van der Waals surface area contributed by atoms with Crippen molar-refractivity contribution in [2.45, 2.75) is 46.6 Å². The first kappa shape index (κ1) is 13.5. The molecule has 0 radical (unpaired) electrons. The minimum absolute atomic E-state index is 0.0947. The van der Waals surface area contributed by atoms with Crippen molar-refractivity contribution in [3.63, 3.8) is 0 Å². The summed E-state index contributed by atoms with van der Waals surface area (Å²) in [6.07, 6.45) is 2.13. The summed E-state index contributed by atoms with van der Waals surface area (Å²) in [5.41, 5.74) is 8.75. The second-order valence-corrected chi connectivity index (χ2v) is 6.12. The van der Waals surface area contributed by atoms with Gasteiger partial charge in [0.2, 0.25) is 0 Å². The molecule has 0 heterocycles. The molecule has 1 unspecified atom stereocenters. The highest BCUT2D eigenvalue weighted by Gasteiger charge is 2.14. The van der Waals surface area contributed by atoms with Crippen LogP contribution >= 0.6 is 11.6 Å². The molecule has 1 atom stereocenters. The van der Waals surface area contributed by atoms with E-state index >= 15 is 0 Å². The smallest absolute Gasteiger partial charge is 0.0438 e. The molecule has 2 heteroatoms. The van der Waals surface area contributed by atoms with E-state index in [2.05, 4.69) is 26.8 Å². The number of aryl methyl sites for hydroxylation is 1. The van der Waals surface area contributed by atoms with E-state index in [-0.39, 0.29) is 6.04 Å². The summed E-state index contributed by atoms with van der Waals surface area (Å²) in [7, 11) is 0. The van der Waals surface area contributed by atoms with Crippen molar-refractivity contribution in [1.82, 2.24) is 0 Å². The van der Waals surface area contributed by atoms with E-state index < -0.39 is 0 Å². The SMILES string of the molecule is Cc1ccc(C(N)CCC(C)(C)C)cc1Cl. The summed E-state index contributed by atoms with van der Waals surface area (Å²) >= 11 is 6.09. The standard InChI is InChI=1S/C14H22ClN/c1-10-5-6-11(9-12(10)15)13(16)7-8-14(2,3)4/h5-6,9,13H,7-8,16H2,1-4H3. The van der Waals surface area contributed by atoms with E-state index in [1.54, 1.807) is 0 Å². The maximum atomic E-state index is 6.16. The quantitative estimate of drug-likeness (QED) is 0.827. The first-order chi connectivity index (χ1) is 7.29. The van der Waals surface area contributed by atoms with Crippen LogP contribution in [-0.2, 0) is 0 Å². The van der Waals surface area contributed by atoms with Crippen LogP contribution in [0.3, 0.4) is 0 Å². The second-order valence-electron chi connectivity index (χ2n) is 5.71. The Hall–Kier alpha value is -0.530. The molecule has 0 bridgehead atoms. The number of rotatable bonds is 3.